The van der Waals surface area contributed by atoms with Crippen molar-refractivity contribution >= 4 is 15.9 Å². The van der Waals surface area contributed by atoms with Gasteiger partial charge in [0.15, 0.2) is 0 Å². The van der Waals surface area contributed by atoms with Gasteiger partial charge in [0.05, 0.1) is 0 Å². The number of pyridine rings is 1. The van der Waals surface area contributed by atoms with Crippen LogP contribution in [0.15, 0.2) is 22.8 Å². The molecule has 3 heteroatoms. The van der Waals surface area contributed by atoms with Crippen molar-refractivity contribution in [2.45, 2.75) is 18.8 Å². The lowest BCUT2D eigenvalue weighted by molar-refractivity contribution is 0.248. The third-order valence-corrected chi connectivity index (χ3v) is 3.22. The van der Waals surface area contributed by atoms with Gasteiger partial charge in [0, 0.05) is 18.2 Å². The van der Waals surface area contributed by atoms with Gasteiger partial charge in [-0.25, -0.2) is 4.98 Å². The van der Waals surface area contributed by atoms with Crippen LogP contribution in [-0.2, 0) is 0 Å². The minimum Gasteiger partial charge on any atom is -0.306 e. The van der Waals surface area contributed by atoms with Gasteiger partial charge in [-0.15, -0.1) is 0 Å². The van der Waals surface area contributed by atoms with Crippen molar-refractivity contribution in [1.29, 1.82) is 0 Å². The molecule has 1 atom stereocenters. The van der Waals surface area contributed by atoms with Crippen LogP contribution in [0.25, 0.3) is 0 Å². The molecule has 2 heterocycles. The zero-order chi connectivity index (χ0) is 9.97. The van der Waals surface area contributed by atoms with Crippen LogP contribution >= 0.6 is 15.9 Å². The Bertz CT molecular complexity index is 314. The van der Waals surface area contributed by atoms with E-state index in [1.54, 1.807) is 0 Å². The molecule has 76 valence electrons. The number of likely N-dealkylation sites (N-methyl/N-ethyl adjacent to an activating group) is 1. The number of likely N-dealkylation sites (tertiary alicyclic amines) is 1. The summed E-state index contributed by atoms with van der Waals surface area (Å²) in [5, 5.41) is 0. The Balaban J connectivity index is 2.14. The predicted octanol–water partition coefficient (Wildman–Crippen LogP) is 2.65. The molecule has 0 unspecified atom stereocenters. The molecule has 1 saturated heterocycles. The molecule has 1 aliphatic rings. The van der Waals surface area contributed by atoms with Gasteiger partial charge >= 0.3 is 0 Å². The fourth-order valence-corrected chi connectivity index (χ4v) is 2.42. The lowest BCUT2D eigenvalue weighted by atomic mass is 9.95. The van der Waals surface area contributed by atoms with Gasteiger partial charge < -0.3 is 4.90 Å². The second-order valence-corrected chi connectivity index (χ2v) is 4.80. The van der Waals surface area contributed by atoms with E-state index in [0.29, 0.717) is 5.92 Å². The van der Waals surface area contributed by atoms with E-state index < -0.39 is 0 Å². The van der Waals surface area contributed by atoms with Crippen LogP contribution in [0.4, 0.5) is 0 Å². The average Bonchev–Trinajstić information content (AvgIpc) is 2.18. The van der Waals surface area contributed by atoms with Crippen molar-refractivity contribution < 1.29 is 0 Å². The molecule has 1 aliphatic heterocycles. The zero-order valence-electron chi connectivity index (χ0n) is 8.41. The molecular formula is C11H15BrN2. The predicted molar refractivity (Wildman–Crippen MR) is 61.4 cm³/mol. The highest BCUT2D eigenvalue weighted by Gasteiger charge is 2.19. The molecule has 1 aromatic rings. The third-order valence-electron chi connectivity index (χ3n) is 2.78. The zero-order valence-corrected chi connectivity index (χ0v) is 10.00. The van der Waals surface area contributed by atoms with Crippen molar-refractivity contribution in [3.05, 3.63) is 28.5 Å². The molecule has 1 aromatic heterocycles. The van der Waals surface area contributed by atoms with E-state index in [-0.39, 0.29) is 0 Å². The number of nitrogens with zero attached hydrogens (tertiary/aromatic N) is 2. The van der Waals surface area contributed by atoms with Gasteiger partial charge in [0.1, 0.15) is 4.60 Å². The highest BCUT2D eigenvalue weighted by molar-refractivity contribution is 9.10. The Hall–Kier alpha value is -0.410. The molecule has 0 bridgehead atoms. The normalized spacial score (nSPS) is 23.7. The fourth-order valence-electron chi connectivity index (χ4n) is 2.06. The quantitative estimate of drug-likeness (QED) is 0.717. The smallest absolute Gasteiger partial charge is 0.106 e. The first kappa shape index (κ1) is 10.1. The van der Waals surface area contributed by atoms with Crippen LogP contribution in [0.1, 0.15) is 24.5 Å². The maximum Gasteiger partial charge on any atom is 0.106 e. The van der Waals surface area contributed by atoms with Gasteiger partial charge in [-0.1, -0.05) is 6.07 Å². The van der Waals surface area contributed by atoms with Crippen LogP contribution in [0.2, 0.25) is 0 Å². The summed E-state index contributed by atoms with van der Waals surface area (Å²) in [4.78, 5) is 6.91. The Morgan fingerprint density at radius 1 is 1.50 bits per heavy atom. The standard InChI is InChI=1S/C11H15BrN2/c1-14-7-3-4-9(8-14)10-5-2-6-11(12)13-10/h2,5-6,9H,3-4,7-8H2,1H3/t9-/m0/s1. The average molecular weight is 255 g/mol. The summed E-state index contributed by atoms with van der Waals surface area (Å²) in [5.74, 6) is 0.617. The van der Waals surface area contributed by atoms with Gasteiger partial charge in [0.2, 0.25) is 0 Å². The molecule has 0 N–H and O–H groups in total. The molecule has 0 radical (unpaired) electrons. The Morgan fingerprint density at radius 3 is 3.07 bits per heavy atom. The molecule has 14 heavy (non-hydrogen) atoms. The van der Waals surface area contributed by atoms with Crippen LogP contribution in [0.3, 0.4) is 0 Å². The number of piperidine rings is 1. The second kappa shape index (κ2) is 4.41. The van der Waals surface area contributed by atoms with Crippen molar-refractivity contribution in [2.24, 2.45) is 0 Å². The summed E-state index contributed by atoms with van der Waals surface area (Å²) in [6, 6.07) is 6.19. The first-order valence-corrected chi connectivity index (χ1v) is 5.86. The summed E-state index contributed by atoms with van der Waals surface area (Å²) < 4.78 is 0.947. The molecule has 2 rings (SSSR count). The van der Waals surface area contributed by atoms with E-state index in [4.69, 9.17) is 0 Å². The summed E-state index contributed by atoms with van der Waals surface area (Å²) in [6.07, 6.45) is 2.56. The van der Waals surface area contributed by atoms with Crippen molar-refractivity contribution in [3.8, 4) is 0 Å². The van der Waals surface area contributed by atoms with Gasteiger partial charge in [-0.3, -0.25) is 0 Å². The number of aromatic nitrogens is 1. The first-order chi connectivity index (χ1) is 6.75. The summed E-state index contributed by atoms with van der Waals surface area (Å²) >= 11 is 3.42. The molecule has 0 aromatic carbocycles. The lowest BCUT2D eigenvalue weighted by Gasteiger charge is -2.29. The highest BCUT2D eigenvalue weighted by atomic mass is 79.9. The minimum atomic E-state index is 0.617. The Morgan fingerprint density at radius 2 is 2.36 bits per heavy atom. The second-order valence-electron chi connectivity index (χ2n) is 3.99. The SMILES string of the molecule is CN1CCC[C@H](c2cccc(Br)n2)C1. The maximum absolute atomic E-state index is 4.52. The number of hydrogen-bond donors (Lipinski definition) is 0. The van der Waals surface area contributed by atoms with Crippen molar-refractivity contribution in [3.63, 3.8) is 0 Å². The number of hydrogen-bond acceptors (Lipinski definition) is 2. The van der Waals surface area contributed by atoms with E-state index in [0.717, 1.165) is 11.1 Å². The number of rotatable bonds is 1. The highest BCUT2D eigenvalue weighted by Crippen LogP contribution is 2.25. The summed E-state index contributed by atoms with van der Waals surface area (Å²) in [5.41, 5.74) is 1.23. The van der Waals surface area contributed by atoms with Gasteiger partial charge in [-0.2, -0.15) is 0 Å². The molecule has 1 fully saturated rings. The largest absolute Gasteiger partial charge is 0.306 e. The summed E-state index contributed by atoms with van der Waals surface area (Å²) in [6.45, 7) is 2.37. The minimum absolute atomic E-state index is 0.617. The van der Waals surface area contributed by atoms with Gasteiger partial charge in [-0.05, 0) is 54.5 Å². The Labute approximate surface area is 93.5 Å². The van der Waals surface area contributed by atoms with Crippen LogP contribution in [0.5, 0.6) is 0 Å². The first-order valence-electron chi connectivity index (χ1n) is 5.07. The third kappa shape index (κ3) is 2.34. The molecule has 0 amide bonds. The monoisotopic (exact) mass is 254 g/mol. The van der Waals surface area contributed by atoms with E-state index in [1.165, 1.54) is 25.1 Å². The van der Waals surface area contributed by atoms with Crippen molar-refractivity contribution in [2.75, 3.05) is 20.1 Å². The topological polar surface area (TPSA) is 16.1 Å². The molecule has 0 spiro atoms. The molecular weight excluding hydrogens is 240 g/mol. The van der Waals surface area contributed by atoms with Crippen LogP contribution in [-0.4, -0.2) is 30.0 Å². The maximum atomic E-state index is 4.52. The summed E-state index contributed by atoms with van der Waals surface area (Å²) in [7, 11) is 2.18. The van der Waals surface area contributed by atoms with Crippen LogP contribution in [0, 0.1) is 0 Å². The van der Waals surface area contributed by atoms with Crippen molar-refractivity contribution in [1.82, 2.24) is 9.88 Å². The Kier molecular flexibility index (Phi) is 3.19. The van der Waals surface area contributed by atoms with E-state index in [2.05, 4.69) is 45.0 Å². The molecule has 0 saturated carbocycles. The van der Waals surface area contributed by atoms with Crippen LogP contribution < -0.4 is 0 Å². The fraction of sp³-hybridized carbons (Fsp3) is 0.545. The number of halogens is 1. The van der Waals surface area contributed by atoms with E-state index in [9.17, 15) is 0 Å². The lowest BCUT2D eigenvalue weighted by Crippen LogP contribution is -2.31. The van der Waals surface area contributed by atoms with E-state index >= 15 is 0 Å². The van der Waals surface area contributed by atoms with E-state index in [1.807, 2.05) is 6.07 Å². The molecule has 0 aliphatic carbocycles. The van der Waals surface area contributed by atoms with Gasteiger partial charge in [0.25, 0.3) is 0 Å². The molecule has 2 nitrogen and oxygen atoms in total.